The molecule has 1 heterocycles. The minimum atomic E-state index is -3.69. The lowest BCUT2D eigenvalue weighted by molar-refractivity contribution is 0.0596. The number of carbonyl (C=O) groups excluding carboxylic acids is 1. The minimum absolute atomic E-state index is 0.0881. The van der Waals surface area contributed by atoms with Crippen LogP contribution in [-0.2, 0) is 14.8 Å². The number of pyridine rings is 1. The van der Waals surface area contributed by atoms with Crippen LogP contribution >= 0.6 is 0 Å². The van der Waals surface area contributed by atoms with Gasteiger partial charge in [-0.3, -0.25) is 0 Å². The maximum absolute atomic E-state index is 12.5. The van der Waals surface area contributed by atoms with E-state index in [1.807, 2.05) is 0 Å². The van der Waals surface area contributed by atoms with Crippen molar-refractivity contribution in [3.63, 3.8) is 0 Å². The van der Waals surface area contributed by atoms with Gasteiger partial charge < -0.3 is 10.5 Å². The number of sulfonamides is 1. The number of unbranched alkanes of at least 4 members (excludes halogenated alkanes) is 1. The number of benzene rings is 1. The lowest BCUT2D eigenvalue weighted by atomic mass is 10.1. The molecule has 0 amide bonds. The van der Waals surface area contributed by atoms with Crippen molar-refractivity contribution in [3.8, 4) is 0 Å². The van der Waals surface area contributed by atoms with Gasteiger partial charge in [-0.15, -0.1) is 0 Å². The molecule has 0 saturated heterocycles. The Morgan fingerprint density at radius 1 is 1.26 bits per heavy atom. The number of esters is 1. The number of hydrogen-bond donors (Lipinski definition) is 2. The quantitative estimate of drug-likeness (QED) is 0.577. The van der Waals surface area contributed by atoms with Crippen molar-refractivity contribution in [2.24, 2.45) is 5.73 Å². The largest absolute Gasteiger partial charge is 0.464 e. The normalized spacial score (nSPS) is 11.6. The highest BCUT2D eigenvalue weighted by Crippen LogP contribution is 2.24. The Labute approximate surface area is 134 Å². The predicted octanol–water partition coefficient (Wildman–Crippen LogP) is 1.04. The molecule has 0 aliphatic rings. The van der Waals surface area contributed by atoms with Gasteiger partial charge in [-0.05, 0) is 31.5 Å². The molecular formula is C15H19N3O4S. The van der Waals surface area contributed by atoms with E-state index in [0.29, 0.717) is 30.3 Å². The van der Waals surface area contributed by atoms with Crippen molar-refractivity contribution in [3.05, 3.63) is 36.2 Å². The summed E-state index contributed by atoms with van der Waals surface area (Å²) in [6.07, 6.45) is 2.80. The predicted molar refractivity (Wildman–Crippen MR) is 86.6 cm³/mol. The van der Waals surface area contributed by atoms with E-state index in [1.54, 1.807) is 18.2 Å². The Kier molecular flexibility index (Phi) is 5.64. The molecule has 0 radical (unpaired) electrons. The van der Waals surface area contributed by atoms with Gasteiger partial charge in [0.1, 0.15) is 0 Å². The van der Waals surface area contributed by atoms with Crippen molar-refractivity contribution in [1.82, 2.24) is 9.71 Å². The summed E-state index contributed by atoms with van der Waals surface area (Å²) in [6.45, 7) is 0.828. The summed E-state index contributed by atoms with van der Waals surface area (Å²) in [5, 5.41) is 0.860. The molecule has 124 valence electrons. The van der Waals surface area contributed by atoms with Gasteiger partial charge in [0.2, 0.25) is 10.0 Å². The first-order valence-electron chi connectivity index (χ1n) is 7.17. The van der Waals surface area contributed by atoms with E-state index in [-0.39, 0.29) is 10.6 Å². The first-order valence-corrected chi connectivity index (χ1v) is 8.65. The van der Waals surface area contributed by atoms with E-state index in [9.17, 15) is 13.2 Å². The number of hydrogen-bond acceptors (Lipinski definition) is 6. The summed E-state index contributed by atoms with van der Waals surface area (Å²) in [6, 6.07) is 6.28. The molecule has 2 rings (SSSR count). The summed E-state index contributed by atoms with van der Waals surface area (Å²) in [7, 11) is -2.43. The second-order valence-electron chi connectivity index (χ2n) is 4.90. The van der Waals surface area contributed by atoms with Gasteiger partial charge >= 0.3 is 5.97 Å². The highest BCUT2D eigenvalue weighted by molar-refractivity contribution is 7.89. The number of fused-ring (bicyclic) bond motifs is 1. The Hall–Kier alpha value is -2.03. The fourth-order valence-electron chi connectivity index (χ4n) is 2.23. The third kappa shape index (κ3) is 3.84. The first-order chi connectivity index (χ1) is 11.0. The van der Waals surface area contributed by atoms with Gasteiger partial charge in [0.15, 0.2) is 5.69 Å². The minimum Gasteiger partial charge on any atom is -0.464 e. The van der Waals surface area contributed by atoms with Crippen LogP contribution in [0.5, 0.6) is 0 Å². The topological polar surface area (TPSA) is 111 Å². The number of nitrogens with zero attached hydrogens (tertiary/aromatic N) is 1. The Morgan fingerprint density at radius 2 is 2.04 bits per heavy atom. The zero-order valence-electron chi connectivity index (χ0n) is 12.8. The van der Waals surface area contributed by atoms with Gasteiger partial charge in [0.05, 0.1) is 12.0 Å². The Bertz CT molecular complexity index is 805. The van der Waals surface area contributed by atoms with Crippen molar-refractivity contribution in [2.45, 2.75) is 17.7 Å². The monoisotopic (exact) mass is 337 g/mol. The number of methoxy groups -OCH3 is 1. The zero-order valence-corrected chi connectivity index (χ0v) is 13.6. The SMILES string of the molecule is COC(=O)c1nccc2c(S(=O)(=O)NCCCCN)cccc12. The molecule has 8 heteroatoms. The first kappa shape index (κ1) is 17.3. The summed E-state index contributed by atoms with van der Waals surface area (Å²) in [5.41, 5.74) is 5.48. The molecule has 0 spiro atoms. The zero-order chi connectivity index (χ0) is 16.9. The van der Waals surface area contributed by atoms with E-state index in [0.717, 1.165) is 6.42 Å². The fourth-order valence-corrected chi connectivity index (χ4v) is 3.52. The molecule has 23 heavy (non-hydrogen) atoms. The average Bonchev–Trinajstić information content (AvgIpc) is 2.57. The molecule has 0 fully saturated rings. The smallest absolute Gasteiger partial charge is 0.357 e. The summed E-state index contributed by atoms with van der Waals surface area (Å²) in [4.78, 5) is 15.9. The van der Waals surface area contributed by atoms with Crippen molar-refractivity contribution >= 4 is 26.8 Å². The number of nitrogens with two attached hydrogens (primary N) is 1. The van der Waals surface area contributed by atoms with Crippen LogP contribution in [0.3, 0.4) is 0 Å². The molecule has 3 N–H and O–H groups in total. The van der Waals surface area contributed by atoms with E-state index in [2.05, 4.69) is 14.4 Å². The summed E-state index contributed by atoms with van der Waals surface area (Å²) < 4.78 is 32.2. The molecule has 0 aliphatic heterocycles. The van der Waals surface area contributed by atoms with Crippen LogP contribution in [0, 0.1) is 0 Å². The standard InChI is InChI=1S/C15H19N3O4S/c1-22-15(19)14-12-5-4-6-13(11(12)7-10-17-14)23(20,21)18-9-3-2-8-16/h4-7,10,18H,2-3,8-9,16H2,1H3. The maximum atomic E-state index is 12.5. The van der Waals surface area contributed by atoms with Crippen molar-refractivity contribution in [2.75, 3.05) is 20.2 Å². The number of nitrogens with one attached hydrogen (secondary N) is 1. The molecule has 0 unspecified atom stereocenters. The van der Waals surface area contributed by atoms with E-state index in [1.165, 1.54) is 19.4 Å². The van der Waals surface area contributed by atoms with Crippen LogP contribution in [0.4, 0.5) is 0 Å². The van der Waals surface area contributed by atoms with E-state index in [4.69, 9.17) is 5.73 Å². The van der Waals surface area contributed by atoms with Crippen LogP contribution in [0.15, 0.2) is 35.4 Å². The van der Waals surface area contributed by atoms with Gasteiger partial charge in [-0.1, -0.05) is 12.1 Å². The van der Waals surface area contributed by atoms with Crippen LogP contribution < -0.4 is 10.5 Å². The highest BCUT2D eigenvalue weighted by atomic mass is 32.2. The van der Waals surface area contributed by atoms with Crippen LogP contribution in [-0.4, -0.2) is 39.6 Å². The van der Waals surface area contributed by atoms with Gasteiger partial charge in [-0.25, -0.2) is 22.9 Å². The van der Waals surface area contributed by atoms with Gasteiger partial charge in [0, 0.05) is 23.5 Å². The number of aromatic nitrogens is 1. The molecular weight excluding hydrogens is 318 g/mol. The van der Waals surface area contributed by atoms with Crippen molar-refractivity contribution in [1.29, 1.82) is 0 Å². The average molecular weight is 337 g/mol. The molecule has 2 aromatic rings. The Balaban J connectivity index is 2.44. The second-order valence-corrected chi connectivity index (χ2v) is 6.63. The van der Waals surface area contributed by atoms with Crippen molar-refractivity contribution < 1.29 is 17.9 Å². The summed E-state index contributed by atoms with van der Waals surface area (Å²) >= 11 is 0. The molecule has 0 saturated carbocycles. The van der Waals surface area contributed by atoms with Gasteiger partial charge in [0.25, 0.3) is 0 Å². The second kappa shape index (κ2) is 7.49. The summed E-state index contributed by atoms with van der Waals surface area (Å²) in [5.74, 6) is -0.610. The number of rotatable bonds is 7. The van der Waals surface area contributed by atoms with Crippen LogP contribution in [0.1, 0.15) is 23.3 Å². The molecule has 0 aliphatic carbocycles. The van der Waals surface area contributed by atoms with Gasteiger partial charge in [-0.2, -0.15) is 0 Å². The molecule has 1 aromatic heterocycles. The highest BCUT2D eigenvalue weighted by Gasteiger charge is 2.20. The molecule has 0 atom stereocenters. The molecule has 0 bridgehead atoms. The molecule has 7 nitrogen and oxygen atoms in total. The van der Waals surface area contributed by atoms with E-state index < -0.39 is 16.0 Å². The maximum Gasteiger partial charge on any atom is 0.357 e. The fraction of sp³-hybridized carbons (Fsp3) is 0.333. The van der Waals surface area contributed by atoms with Crippen LogP contribution in [0.2, 0.25) is 0 Å². The third-order valence-electron chi connectivity index (χ3n) is 3.36. The number of ether oxygens (including phenoxy) is 1. The lowest BCUT2D eigenvalue weighted by Crippen LogP contribution is -2.25. The molecule has 1 aromatic carbocycles. The number of carbonyl (C=O) groups is 1. The van der Waals surface area contributed by atoms with Crippen LogP contribution in [0.25, 0.3) is 10.8 Å². The third-order valence-corrected chi connectivity index (χ3v) is 4.88. The Morgan fingerprint density at radius 3 is 2.74 bits per heavy atom. The van der Waals surface area contributed by atoms with E-state index >= 15 is 0 Å². The lowest BCUT2D eigenvalue weighted by Gasteiger charge is -2.10.